The Balaban J connectivity index is 1.61. The van der Waals surface area contributed by atoms with E-state index in [0.717, 1.165) is 33.5 Å². The number of nitrogens with zero attached hydrogens (tertiary/aromatic N) is 3. The van der Waals surface area contributed by atoms with Crippen molar-refractivity contribution in [3.63, 3.8) is 0 Å². The van der Waals surface area contributed by atoms with E-state index in [1.807, 2.05) is 42.8 Å². The van der Waals surface area contributed by atoms with Crippen LogP contribution in [0.1, 0.15) is 28.8 Å². The number of methoxy groups -OCH3 is 3. The van der Waals surface area contributed by atoms with Crippen LogP contribution in [0.5, 0.6) is 17.4 Å². The van der Waals surface area contributed by atoms with Crippen molar-refractivity contribution in [3.05, 3.63) is 64.8 Å². The van der Waals surface area contributed by atoms with Gasteiger partial charge in [-0.25, -0.2) is 4.68 Å². The summed E-state index contributed by atoms with van der Waals surface area (Å²) in [7, 11) is 4.73. The van der Waals surface area contributed by atoms with Crippen LogP contribution in [-0.4, -0.2) is 42.0 Å². The molecule has 1 N–H and O–H groups in total. The van der Waals surface area contributed by atoms with Crippen molar-refractivity contribution in [2.75, 3.05) is 26.6 Å². The molecule has 4 rings (SSSR count). The summed E-state index contributed by atoms with van der Waals surface area (Å²) in [5, 5.41) is 8.64. The van der Waals surface area contributed by atoms with Gasteiger partial charge in [-0.1, -0.05) is 17.7 Å². The standard InChI is InChI=1S/C27H30N4O4/c1-16-7-9-19(10-8-16)31-26-25(18(3)30-31)17(2)21(27(29-26)35-6)12-14-24(32)28-22-13-11-20(33-4)15-23(22)34-5/h7-11,13,15H,12,14H2,1-6H3,(H,28,32). The van der Waals surface area contributed by atoms with Crippen molar-refractivity contribution in [1.82, 2.24) is 14.8 Å². The molecule has 1 amide bonds. The molecule has 2 aromatic carbocycles. The zero-order valence-corrected chi connectivity index (χ0v) is 20.9. The Morgan fingerprint density at radius 1 is 0.971 bits per heavy atom. The maximum atomic E-state index is 12.8. The molecule has 8 heteroatoms. The van der Waals surface area contributed by atoms with Gasteiger partial charge in [-0.05, 0) is 57.0 Å². The molecule has 0 saturated carbocycles. The first-order valence-electron chi connectivity index (χ1n) is 11.4. The van der Waals surface area contributed by atoms with Gasteiger partial charge in [0.1, 0.15) is 11.5 Å². The summed E-state index contributed by atoms with van der Waals surface area (Å²) in [4.78, 5) is 17.6. The Hall–Kier alpha value is -4.07. The van der Waals surface area contributed by atoms with Crippen molar-refractivity contribution >= 4 is 22.6 Å². The van der Waals surface area contributed by atoms with Gasteiger partial charge in [0.2, 0.25) is 11.8 Å². The lowest BCUT2D eigenvalue weighted by molar-refractivity contribution is -0.116. The van der Waals surface area contributed by atoms with Gasteiger partial charge in [-0.3, -0.25) is 4.79 Å². The van der Waals surface area contributed by atoms with Gasteiger partial charge in [-0.2, -0.15) is 10.1 Å². The lowest BCUT2D eigenvalue weighted by atomic mass is 10.0. The Morgan fingerprint density at radius 3 is 2.37 bits per heavy atom. The van der Waals surface area contributed by atoms with Crippen molar-refractivity contribution in [3.8, 4) is 23.1 Å². The minimum Gasteiger partial charge on any atom is -0.497 e. The summed E-state index contributed by atoms with van der Waals surface area (Å²) in [5.74, 6) is 1.55. The third-order valence-corrected chi connectivity index (χ3v) is 6.09. The Kier molecular flexibility index (Phi) is 6.91. The lowest BCUT2D eigenvalue weighted by Crippen LogP contribution is -2.14. The number of carbonyl (C=O) groups excluding carboxylic acids is 1. The molecule has 0 bridgehead atoms. The van der Waals surface area contributed by atoms with Crippen LogP contribution in [0.15, 0.2) is 42.5 Å². The number of fused-ring (bicyclic) bond motifs is 1. The fourth-order valence-electron chi connectivity index (χ4n) is 4.21. The summed E-state index contributed by atoms with van der Waals surface area (Å²) in [6.45, 7) is 6.05. The highest BCUT2D eigenvalue weighted by Gasteiger charge is 2.20. The van der Waals surface area contributed by atoms with Gasteiger partial charge in [-0.15, -0.1) is 0 Å². The van der Waals surface area contributed by atoms with E-state index in [0.29, 0.717) is 29.5 Å². The molecule has 0 radical (unpaired) electrons. The number of aryl methyl sites for hydroxylation is 3. The summed E-state index contributed by atoms with van der Waals surface area (Å²) in [6, 6.07) is 13.4. The van der Waals surface area contributed by atoms with E-state index in [1.54, 1.807) is 39.5 Å². The quantitative estimate of drug-likeness (QED) is 0.389. The molecule has 0 aliphatic rings. The number of amides is 1. The molecular weight excluding hydrogens is 444 g/mol. The number of carbonyl (C=O) groups is 1. The van der Waals surface area contributed by atoms with E-state index in [4.69, 9.17) is 24.3 Å². The van der Waals surface area contributed by atoms with Crippen LogP contribution in [0.4, 0.5) is 5.69 Å². The highest BCUT2D eigenvalue weighted by atomic mass is 16.5. The highest BCUT2D eigenvalue weighted by molar-refractivity contribution is 5.93. The minimum atomic E-state index is -0.137. The second-order valence-electron chi connectivity index (χ2n) is 8.37. The molecule has 182 valence electrons. The Labute approximate surface area is 204 Å². The second kappa shape index (κ2) is 10.0. The van der Waals surface area contributed by atoms with Crippen molar-refractivity contribution in [2.45, 2.75) is 33.6 Å². The number of ether oxygens (including phenoxy) is 3. The zero-order valence-electron chi connectivity index (χ0n) is 20.9. The van der Waals surface area contributed by atoms with Gasteiger partial charge in [0.05, 0.1) is 38.4 Å². The number of pyridine rings is 1. The third kappa shape index (κ3) is 4.77. The van der Waals surface area contributed by atoms with Gasteiger partial charge in [0, 0.05) is 23.4 Å². The van der Waals surface area contributed by atoms with Crippen molar-refractivity contribution in [1.29, 1.82) is 0 Å². The molecule has 0 atom stereocenters. The molecule has 2 aromatic heterocycles. The molecule has 0 aliphatic carbocycles. The van der Waals surface area contributed by atoms with Crippen LogP contribution in [-0.2, 0) is 11.2 Å². The fraction of sp³-hybridized carbons (Fsp3) is 0.296. The normalized spacial score (nSPS) is 10.9. The topological polar surface area (TPSA) is 87.5 Å². The second-order valence-corrected chi connectivity index (χ2v) is 8.37. The molecule has 0 unspecified atom stereocenters. The van der Waals surface area contributed by atoms with E-state index < -0.39 is 0 Å². The van der Waals surface area contributed by atoms with Gasteiger partial charge >= 0.3 is 0 Å². The molecule has 4 aromatic rings. The maximum absolute atomic E-state index is 12.8. The number of benzene rings is 2. The number of nitrogens with one attached hydrogen (secondary N) is 1. The molecule has 8 nitrogen and oxygen atoms in total. The van der Waals surface area contributed by atoms with Crippen molar-refractivity contribution in [2.24, 2.45) is 0 Å². The molecule has 0 saturated heterocycles. The van der Waals surface area contributed by atoms with Gasteiger partial charge in [0.25, 0.3) is 0 Å². The van der Waals surface area contributed by atoms with Gasteiger partial charge < -0.3 is 19.5 Å². The van der Waals surface area contributed by atoms with Gasteiger partial charge in [0.15, 0.2) is 5.65 Å². The van der Waals surface area contributed by atoms with Crippen LogP contribution in [0, 0.1) is 20.8 Å². The largest absolute Gasteiger partial charge is 0.497 e. The van der Waals surface area contributed by atoms with E-state index in [2.05, 4.69) is 12.2 Å². The summed E-state index contributed by atoms with van der Waals surface area (Å²) in [6.07, 6.45) is 0.724. The lowest BCUT2D eigenvalue weighted by Gasteiger charge is -2.14. The van der Waals surface area contributed by atoms with E-state index in [1.165, 1.54) is 5.56 Å². The predicted molar refractivity (Wildman–Crippen MR) is 136 cm³/mol. The maximum Gasteiger partial charge on any atom is 0.224 e. The summed E-state index contributed by atoms with van der Waals surface area (Å²) >= 11 is 0. The van der Waals surface area contributed by atoms with E-state index >= 15 is 0 Å². The molecule has 0 spiro atoms. The molecule has 0 fully saturated rings. The van der Waals surface area contributed by atoms with Crippen LogP contribution in [0.25, 0.3) is 16.7 Å². The van der Waals surface area contributed by atoms with Crippen LogP contribution >= 0.6 is 0 Å². The predicted octanol–water partition coefficient (Wildman–Crippen LogP) is 4.94. The number of anilines is 1. The first-order valence-corrected chi connectivity index (χ1v) is 11.4. The Bertz CT molecular complexity index is 1380. The minimum absolute atomic E-state index is 0.137. The average molecular weight is 475 g/mol. The zero-order chi connectivity index (χ0) is 25.1. The van der Waals surface area contributed by atoms with E-state index in [9.17, 15) is 4.79 Å². The summed E-state index contributed by atoms with van der Waals surface area (Å²) < 4.78 is 18.1. The molecular formula is C27H30N4O4. The molecule has 35 heavy (non-hydrogen) atoms. The fourth-order valence-corrected chi connectivity index (χ4v) is 4.21. The Morgan fingerprint density at radius 2 is 1.71 bits per heavy atom. The van der Waals surface area contributed by atoms with Crippen molar-refractivity contribution < 1.29 is 19.0 Å². The number of hydrogen-bond donors (Lipinski definition) is 1. The third-order valence-electron chi connectivity index (χ3n) is 6.09. The molecule has 2 heterocycles. The first-order chi connectivity index (χ1) is 16.9. The van der Waals surface area contributed by atoms with Crippen LogP contribution < -0.4 is 19.5 Å². The number of rotatable bonds is 8. The number of hydrogen-bond acceptors (Lipinski definition) is 6. The smallest absolute Gasteiger partial charge is 0.224 e. The highest BCUT2D eigenvalue weighted by Crippen LogP contribution is 2.33. The SMILES string of the molecule is COc1ccc(NC(=O)CCc2c(OC)nc3c(c(C)nn3-c3ccc(C)cc3)c2C)c(OC)c1. The first kappa shape index (κ1) is 24.1. The van der Waals surface area contributed by atoms with E-state index in [-0.39, 0.29) is 12.3 Å². The summed E-state index contributed by atoms with van der Waals surface area (Å²) in [5.41, 5.74) is 6.21. The number of aromatic nitrogens is 3. The average Bonchev–Trinajstić information content (AvgIpc) is 3.20. The monoisotopic (exact) mass is 474 g/mol. The molecule has 0 aliphatic heterocycles. The van der Waals surface area contributed by atoms with Crippen LogP contribution in [0.2, 0.25) is 0 Å². The van der Waals surface area contributed by atoms with Crippen LogP contribution in [0.3, 0.4) is 0 Å².